The number of nitrogens with zero attached hydrogens (tertiary/aromatic N) is 1. The lowest BCUT2D eigenvalue weighted by atomic mass is 9.51. The van der Waals surface area contributed by atoms with E-state index in [0.717, 1.165) is 38.5 Å². The molecule has 5 heteroatoms. The Morgan fingerprint density at radius 1 is 1.30 bits per heavy atom. The predicted molar refractivity (Wildman–Crippen MR) is 94.9 cm³/mol. The van der Waals surface area contributed by atoms with Gasteiger partial charge in [-0.25, -0.2) is 0 Å². The molecule has 2 rings (SSSR count). The van der Waals surface area contributed by atoms with Crippen LogP contribution in [-0.2, 0) is 4.74 Å². The van der Waals surface area contributed by atoms with E-state index in [9.17, 15) is 0 Å². The molecule has 2 N–H and O–H groups in total. The molecule has 0 aromatic rings. The molecule has 4 nitrogen and oxygen atoms in total. The van der Waals surface area contributed by atoms with Gasteiger partial charge >= 0.3 is 0 Å². The van der Waals surface area contributed by atoms with Crippen LogP contribution in [0.2, 0.25) is 0 Å². The Morgan fingerprint density at radius 3 is 2.55 bits per heavy atom. The largest absolute Gasteiger partial charge is 0.378 e. The number of ether oxygens (including phenoxy) is 1. The fourth-order valence-corrected chi connectivity index (χ4v) is 3.35. The third kappa shape index (κ3) is 3.59. The maximum atomic E-state index is 5.89. The average Bonchev–Trinajstić information content (AvgIpc) is 2.32. The zero-order chi connectivity index (χ0) is 13.7. The van der Waals surface area contributed by atoms with Gasteiger partial charge in [0.05, 0.1) is 6.10 Å². The summed E-state index contributed by atoms with van der Waals surface area (Å²) >= 11 is 0. The van der Waals surface area contributed by atoms with Crippen molar-refractivity contribution in [2.24, 2.45) is 10.4 Å². The number of aliphatic imine (C=N–C) groups is 1. The maximum Gasteiger partial charge on any atom is 0.191 e. The lowest BCUT2D eigenvalue weighted by Gasteiger charge is -2.61. The van der Waals surface area contributed by atoms with E-state index in [-0.39, 0.29) is 24.0 Å². The van der Waals surface area contributed by atoms with E-state index >= 15 is 0 Å². The first-order valence-corrected chi connectivity index (χ1v) is 7.93. The van der Waals surface area contributed by atoms with E-state index in [1.165, 1.54) is 19.3 Å². The normalized spacial score (nSPS) is 27.2. The molecule has 0 heterocycles. The molecule has 2 aliphatic carbocycles. The van der Waals surface area contributed by atoms with Crippen molar-refractivity contribution in [3.05, 3.63) is 0 Å². The first-order chi connectivity index (χ1) is 9.26. The van der Waals surface area contributed by atoms with Gasteiger partial charge < -0.3 is 15.4 Å². The molecule has 0 bridgehead atoms. The van der Waals surface area contributed by atoms with E-state index in [1.807, 2.05) is 0 Å². The third-order valence-electron chi connectivity index (χ3n) is 4.59. The smallest absolute Gasteiger partial charge is 0.191 e. The molecular formula is C15H30IN3O. The Bertz CT molecular complexity index is 318. The summed E-state index contributed by atoms with van der Waals surface area (Å²) in [6, 6.07) is 0.549. The lowest BCUT2D eigenvalue weighted by Crippen LogP contribution is -2.68. The molecule has 0 aliphatic heterocycles. The molecule has 2 fully saturated rings. The number of halogens is 1. The van der Waals surface area contributed by atoms with Crippen LogP contribution in [0.15, 0.2) is 4.99 Å². The molecule has 0 aromatic heterocycles. The minimum Gasteiger partial charge on any atom is -0.378 e. The Hall–Kier alpha value is -0.0400. The second kappa shape index (κ2) is 8.41. The Morgan fingerprint density at radius 2 is 2.05 bits per heavy atom. The highest BCUT2D eigenvalue weighted by Gasteiger charge is 2.59. The van der Waals surface area contributed by atoms with Crippen molar-refractivity contribution >= 4 is 29.9 Å². The zero-order valence-corrected chi connectivity index (χ0v) is 15.4. The zero-order valence-electron chi connectivity index (χ0n) is 13.1. The van der Waals surface area contributed by atoms with Crippen LogP contribution in [0.25, 0.3) is 0 Å². The fraction of sp³-hybridized carbons (Fsp3) is 0.933. The van der Waals surface area contributed by atoms with Crippen LogP contribution >= 0.6 is 24.0 Å². The molecule has 1 spiro atoms. The Kier molecular flexibility index (Phi) is 7.58. The van der Waals surface area contributed by atoms with Crippen LogP contribution in [0.5, 0.6) is 0 Å². The Balaban J connectivity index is 0.00000200. The number of nitrogens with one attached hydrogen (secondary N) is 2. The summed E-state index contributed by atoms with van der Waals surface area (Å²) in [7, 11) is 0. The molecular weight excluding hydrogens is 365 g/mol. The highest BCUT2D eigenvalue weighted by molar-refractivity contribution is 14.0. The molecule has 0 saturated heterocycles. The minimum atomic E-state index is 0. The molecule has 2 saturated carbocycles. The van der Waals surface area contributed by atoms with Gasteiger partial charge in [-0.1, -0.05) is 13.3 Å². The second-order valence-corrected chi connectivity index (χ2v) is 5.72. The van der Waals surface area contributed by atoms with Crippen LogP contribution in [0, 0.1) is 5.41 Å². The first kappa shape index (κ1) is 18.0. The van der Waals surface area contributed by atoms with E-state index < -0.39 is 0 Å². The Labute approximate surface area is 140 Å². The van der Waals surface area contributed by atoms with Crippen LogP contribution < -0.4 is 10.6 Å². The van der Waals surface area contributed by atoms with Gasteiger partial charge in [0, 0.05) is 31.2 Å². The predicted octanol–water partition coefficient (Wildman–Crippen LogP) is 2.92. The standard InChI is InChI=1S/C15H29N3O.HI/c1-4-10-17-14(16-5-2)18-12-11-13(19-6-3)15(12)8-7-9-15;/h12-13H,4-11H2,1-3H3,(H2,16,17,18);1H. The maximum absolute atomic E-state index is 5.89. The lowest BCUT2D eigenvalue weighted by molar-refractivity contribution is -0.168. The van der Waals surface area contributed by atoms with E-state index in [2.05, 4.69) is 36.4 Å². The van der Waals surface area contributed by atoms with Crippen molar-refractivity contribution in [3.63, 3.8) is 0 Å². The van der Waals surface area contributed by atoms with Crippen LogP contribution in [-0.4, -0.2) is 37.8 Å². The van der Waals surface area contributed by atoms with Crippen LogP contribution in [0.3, 0.4) is 0 Å². The minimum absolute atomic E-state index is 0. The van der Waals surface area contributed by atoms with E-state index in [4.69, 9.17) is 4.74 Å². The van der Waals surface area contributed by atoms with Crippen molar-refractivity contribution in [1.82, 2.24) is 10.6 Å². The van der Waals surface area contributed by atoms with Crippen molar-refractivity contribution < 1.29 is 4.74 Å². The van der Waals surface area contributed by atoms with Gasteiger partial charge in [0.2, 0.25) is 0 Å². The van der Waals surface area contributed by atoms with Crippen molar-refractivity contribution in [2.75, 3.05) is 19.7 Å². The number of hydrogen-bond acceptors (Lipinski definition) is 2. The van der Waals surface area contributed by atoms with Gasteiger partial charge in [0.25, 0.3) is 0 Å². The fourth-order valence-electron chi connectivity index (χ4n) is 3.35. The summed E-state index contributed by atoms with van der Waals surface area (Å²) in [5, 5.41) is 6.98. The van der Waals surface area contributed by atoms with Crippen LogP contribution in [0.4, 0.5) is 0 Å². The third-order valence-corrected chi connectivity index (χ3v) is 4.59. The van der Waals surface area contributed by atoms with Gasteiger partial charge in [-0.3, -0.25) is 4.99 Å². The molecule has 2 atom stereocenters. The van der Waals surface area contributed by atoms with Crippen molar-refractivity contribution in [2.45, 2.75) is 65.0 Å². The summed E-state index contributed by atoms with van der Waals surface area (Å²) in [6.07, 6.45) is 6.66. The monoisotopic (exact) mass is 395 g/mol. The molecule has 0 amide bonds. The molecule has 2 aliphatic rings. The SMILES string of the molecule is CCCN=C(NCC)NC1CC(OCC)C12CCC2.I. The quantitative estimate of drug-likeness (QED) is 0.413. The molecule has 0 aromatic carbocycles. The van der Waals surface area contributed by atoms with Gasteiger partial charge in [0.1, 0.15) is 0 Å². The molecule has 2 unspecified atom stereocenters. The highest BCUT2D eigenvalue weighted by atomic mass is 127. The van der Waals surface area contributed by atoms with E-state index in [1.54, 1.807) is 0 Å². The number of hydrogen-bond donors (Lipinski definition) is 2. The van der Waals surface area contributed by atoms with Crippen LogP contribution in [0.1, 0.15) is 52.9 Å². The van der Waals surface area contributed by atoms with Gasteiger partial charge in [-0.05, 0) is 39.5 Å². The van der Waals surface area contributed by atoms with Gasteiger partial charge in [0.15, 0.2) is 5.96 Å². The summed E-state index contributed by atoms with van der Waals surface area (Å²) in [4.78, 5) is 4.60. The summed E-state index contributed by atoms with van der Waals surface area (Å²) in [5.74, 6) is 0.982. The molecule has 0 radical (unpaired) electrons. The number of rotatable bonds is 6. The highest BCUT2D eigenvalue weighted by Crippen LogP contribution is 2.57. The number of guanidine groups is 1. The summed E-state index contributed by atoms with van der Waals surface area (Å²) < 4.78 is 5.89. The van der Waals surface area contributed by atoms with E-state index in [0.29, 0.717) is 17.6 Å². The van der Waals surface area contributed by atoms with Gasteiger partial charge in [-0.2, -0.15) is 0 Å². The van der Waals surface area contributed by atoms with Crippen molar-refractivity contribution in [1.29, 1.82) is 0 Å². The van der Waals surface area contributed by atoms with Crippen molar-refractivity contribution in [3.8, 4) is 0 Å². The first-order valence-electron chi connectivity index (χ1n) is 7.93. The second-order valence-electron chi connectivity index (χ2n) is 5.72. The molecule has 20 heavy (non-hydrogen) atoms. The topological polar surface area (TPSA) is 45.7 Å². The average molecular weight is 395 g/mol. The summed E-state index contributed by atoms with van der Waals surface area (Å²) in [5.41, 5.74) is 0.401. The summed E-state index contributed by atoms with van der Waals surface area (Å²) in [6.45, 7) is 9.03. The van der Waals surface area contributed by atoms with Gasteiger partial charge in [-0.15, -0.1) is 24.0 Å². The molecule has 118 valence electrons.